The van der Waals surface area contributed by atoms with Crippen LogP contribution in [0.3, 0.4) is 0 Å². The summed E-state index contributed by atoms with van der Waals surface area (Å²) in [4.78, 5) is 4.16. The highest BCUT2D eigenvalue weighted by Crippen LogP contribution is 2.20. The van der Waals surface area contributed by atoms with Gasteiger partial charge in [0.05, 0.1) is 0 Å². The minimum Gasteiger partial charge on any atom is -0.333 e. The zero-order valence-corrected chi connectivity index (χ0v) is 10.1. The Kier molecular flexibility index (Phi) is 2.54. The van der Waals surface area contributed by atoms with Crippen molar-refractivity contribution in [2.45, 2.75) is 13.8 Å². The molecule has 1 aromatic heterocycles. The summed E-state index contributed by atoms with van der Waals surface area (Å²) in [6, 6.07) is 6.10. The van der Waals surface area contributed by atoms with E-state index in [4.69, 9.17) is 4.52 Å². The first-order chi connectivity index (χ1) is 6.66. The van der Waals surface area contributed by atoms with E-state index < -0.39 is 0 Å². The third-order valence-corrected chi connectivity index (χ3v) is 2.59. The molecule has 0 saturated heterocycles. The van der Waals surface area contributed by atoms with Crippen molar-refractivity contribution in [3.05, 3.63) is 33.2 Å². The van der Waals surface area contributed by atoms with Crippen LogP contribution in [0.2, 0.25) is 0 Å². The van der Waals surface area contributed by atoms with Crippen molar-refractivity contribution >= 4 is 22.6 Å². The molecule has 2 aromatic rings. The molecule has 0 unspecified atom stereocenters. The Morgan fingerprint density at radius 3 is 2.57 bits per heavy atom. The lowest BCUT2D eigenvalue weighted by Gasteiger charge is -2.00. The molecule has 0 aliphatic rings. The van der Waals surface area contributed by atoms with Crippen LogP contribution < -0.4 is 0 Å². The predicted molar refractivity (Wildman–Crippen MR) is 61.9 cm³/mol. The second-order valence-electron chi connectivity index (χ2n) is 3.17. The van der Waals surface area contributed by atoms with Crippen molar-refractivity contribution < 1.29 is 4.52 Å². The van der Waals surface area contributed by atoms with Gasteiger partial charge in [-0.1, -0.05) is 11.2 Å². The molecule has 0 saturated carbocycles. The maximum absolute atomic E-state index is 5.08. The molecule has 3 nitrogen and oxygen atoms in total. The Hall–Kier alpha value is -0.910. The van der Waals surface area contributed by atoms with Crippen LogP contribution in [-0.4, -0.2) is 10.1 Å². The second kappa shape index (κ2) is 3.68. The smallest absolute Gasteiger partial charge is 0.258 e. The number of aromatic nitrogens is 2. The molecule has 2 rings (SSSR count). The van der Waals surface area contributed by atoms with Crippen LogP contribution in [-0.2, 0) is 0 Å². The van der Waals surface area contributed by atoms with E-state index in [0.717, 1.165) is 5.56 Å². The number of aryl methyl sites for hydroxylation is 2. The van der Waals surface area contributed by atoms with Gasteiger partial charge in [-0.05, 0) is 37.1 Å². The zero-order chi connectivity index (χ0) is 10.1. The van der Waals surface area contributed by atoms with Crippen molar-refractivity contribution in [2.75, 3.05) is 0 Å². The largest absolute Gasteiger partial charge is 0.333 e. The average Bonchev–Trinajstić information content (AvgIpc) is 2.57. The van der Waals surface area contributed by atoms with E-state index in [-0.39, 0.29) is 0 Å². The number of halogens is 1. The van der Waals surface area contributed by atoms with Gasteiger partial charge in [0, 0.05) is 28.2 Å². The topological polar surface area (TPSA) is 38.9 Å². The molecular formula is C10H9IN2O. The van der Waals surface area contributed by atoms with E-state index >= 15 is 0 Å². The molecule has 1 aromatic carbocycles. The van der Waals surface area contributed by atoms with E-state index in [1.807, 2.05) is 28.7 Å². The van der Waals surface area contributed by atoms with Crippen molar-refractivity contribution in [3.63, 3.8) is 0 Å². The number of rotatable bonds is 1. The average molecular weight is 300 g/mol. The van der Waals surface area contributed by atoms with Gasteiger partial charge in [0.15, 0.2) is 0 Å². The first-order valence-corrected chi connectivity index (χ1v) is 5.31. The van der Waals surface area contributed by atoms with Gasteiger partial charge in [0.1, 0.15) is 0 Å². The quantitative estimate of drug-likeness (QED) is 0.760. The van der Waals surface area contributed by atoms with Crippen molar-refractivity contribution in [2.24, 2.45) is 0 Å². The van der Waals surface area contributed by atoms with E-state index in [1.165, 1.54) is 11.1 Å². The van der Waals surface area contributed by atoms with E-state index in [0.29, 0.717) is 9.72 Å². The van der Waals surface area contributed by atoms with Gasteiger partial charge in [-0.2, -0.15) is 4.98 Å². The fourth-order valence-electron chi connectivity index (χ4n) is 1.20. The first kappa shape index (κ1) is 9.64. The lowest BCUT2D eigenvalue weighted by atomic mass is 10.1. The molecule has 0 aliphatic carbocycles. The van der Waals surface area contributed by atoms with Crippen molar-refractivity contribution in [1.82, 2.24) is 10.1 Å². The summed E-state index contributed by atoms with van der Waals surface area (Å²) in [6.45, 7) is 4.15. The summed E-state index contributed by atoms with van der Waals surface area (Å²) >= 11 is 2.03. The summed E-state index contributed by atoms with van der Waals surface area (Å²) < 4.78 is 5.71. The Bertz CT molecular complexity index is 465. The fraction of sp³-hybridized carbons (Fsp3) is 0.200. The van der Waals surface area contributed by atoms with E-state index in [2.05, 4.69) is 36.1 Å². The highest BCUT2D eigenvalue weighted by Gasteiger charge is 2.06. The van der Waals surface area contributed by atoms with Crippen LogP contribution >= 0.6 is 22.6 Å². The number of benzene rings is 1. The van der Waals surface area contributed by atoms with Gasteiger partial charge in [0.25, 0.3) is 5.89 Å². The minimum absolute atomic E-state index is 0.581. The Morgan fingerprint density at radius 1 is 1.21 bits per heavy atom. The summed E-state index contributed by atoms with van der Waals surface area (Å²) in [5.41, 5.74) is 3.47. The highest BCUT2D eigenvalue weighted by molar-refractivity contribution is 14.1. The molecule has 0 bridgehead atoms. The SMILES string of the molecule is Cc1ccc(-c2nc(I)no2)cc1C. The molecule has 0 atom stereocenters. The Labute approximate surface area is 95.7 Å². The number of hydrogen-bond donors (Lipinski definition) is 0. The molecule has 0 fully saturated rings. The maximum atomic E-state index is 5.08. The van der Waals surface area contributed by atoms with Crippen molar-refractivity contribution in [3.8, 4) is 11.5 Å². The molecule has 1 heterocycles. The van der Waals surface area contributed by atoms with Gasteiger partial charge >= 0.3 is 0 Å². The standard InChI is InChI=1S/C10H9IN2O/c1-6-3-4-8(5-7(6)2)9-12-10(11)13-14-9/h3-5H,1-2H3. The lowest BCUT2D eigenvalue weighted by molar-refractivity contribution is 0.426. The molecule has 0 aliphatic heterocycles. The molecule has 0 radical (unpaired) electrons. The Morgan fingerprint density at radius 2 is 2.00 bits per heavy atom. The molecule has 14 heavy (non-hydrogen) atoms. The molecular weight excluding hydrogens is 291 g/mol. The van der Waals surface area contributed by atoms with Gasteiger partial charge in [-0.3, -0.25) is 0 Å². The normalized spacial score (nSPS) is 10.5. The zero-order valence-electron chi connectivity index (χ0n) is 7.91. The first-order valence-electron chi connectivity index (χ1n) is 4.23. The summed E-state index contributed by atoms with van der Waals surface area (Å²) in [5.74, 6) is 0.581. The highest BCUT2D eigenvalue weighted by atomic mass is 127. The molecule has 72 valence electrons. The summed E-state index contributed by atoms with van der Waals surface area (Å²) in [5, 5.41) is 3.75. The van der Waals surface area contributed by atoms with Crippen LogP contribution in [0, 0.1) is 17.7 Å². The van der Waals surface area contributed by atoms with Crippen LogP contribution in [0.1, 0.15) is 11.1 Å². The Balaban J connectivity index is 2.47. The molecule has 0 amide bonds. The minimum atomic E-state index is 0.581. The van der Waals surface area contributed by atoms with Gasteiger partial charge in [-0.15, -0.1) is 0 Å². The monoisotopic (exact) mass is 300 g/mol. The molecule has 0 N–H and O–H groups in total. The molecule has 0 spiro atoms. The number of nitrogens with zero attached hydrogens (tertiary/aromatic N) is 2. The van der Waals surface area contributed by atoms with Gasteiger partial charge < -0.3 is 4.52 Å². The summed E-state index contributed by atoms with van der Waals surface area (Å²) in [6.07, 6.45) is 0. The lowest BCUT2D eigenvalue weighted by Crippen LogP contribution is -1.83. The van der Waals surface area contributed by atoms with Gasteiger partial charge in [0.2, 0.25) is 3.83 Å². The maximum Gasteiger partial charge on any atom is 0.258 e. The third kappa shape index (κ3) is 1.79. The van der Waals surface area contributed by atoms with E-state index in [1.54, 1.807) is 0 Å². The van der Waals surface area contributed by atoms with Crippen LogP contribution in [0.4, 0.5) is 0 Å². The number of hydrogen-bond acceptors (Lipinski definition) is 3. The van der Waals surface area contributed by atoms with Crippen LogP contribution in [0.15, 0.2) is 22.7 Å². The van der Waals surface area contributed by atoms with Gasteiger partial charge in [-0.25, -0.2) is 0 Å². The third-order valence-electron chi connectivity index (χ3n) is 2.16. The fourth-order valence-corrected chi connectivity index (χ4v) is 1.51. The van der Waals surface area contributed by atoms with E-state index in [9.17, 15) is 0 Å². The van der Waals surface area contributed by atoms with Crippen LogP contribution in [0.25, 0.3) is 11.5 Å². The molecule has 4 heteroatoms. The van der Waals surface area contributed by atoms with Crippen molar-refractivity contribution in [1.29, 1.82) is 0 Å². The van der Waals surface area contributed by atoms with Crippen LogP contribution in [0.5, 0.6) is 0 Å². The predicted octanol–water partition coefficient (Wildman–Crippen LogP) is 2.96. The summed E-state index contributed by atoms with van der Waals surface area (Å²) in [7, 11) is 0. The second-order valence-corrected chi connectivity index (χ2v) is 4.13.